The lowest BCUT2D eigenvalue weighted by Gasteiger charge is -2.13. The van der Waals surface area contributed by atoms with Crippen molar-refractivity contribution in [1.82, 2.24) is 0 Å². The maximum absolute atomic E-state index is 11.1. The Kier molecular flexibility index (Phi) is 2.00. The van der Waals surface area contributed by atoms with Crippen LogP contribution in [0.25, 0.3) is 0 Å². The lowest BCUT2D eigenvalue weighted by Crippen LogP contribution is -2.16. The van der Waals surface area contributed by atoms with E-state index in [1.165, 1.54) is 7.11 Å². The van der Waals surface area contributed by atoms with Crippen LogP contribution in [0.15, 0.2) is 21.5 Å². The molecule has 1 heterocycles. The van der Waals surface area contributed by atoms with Gasteiger partial charge in [0.15, 0.2) is 5.70 Å². The molecule has 1 aliphatic rings. The van der Waals surface area contributed by atoms with E-state index in [2.05, 4.69) is 15.0 Å². The largest absolute Gasteiger partial charge is 0.464 e. The minimum atomic E-state index is -0.415. The Labute approximate surface area is 71.3 Å². The summed E-state index contributed by atoms with van der Waals surface area (Å²) in [4.78, 5) is 11.1. The summed E-state index contributed by atoms with van der Waals surface area (Å²) >= 11 is 0. The van der Waals surface area contributed by atoms with Gasteiger partial charge in [-0.3, -0.25) is 0 Å². The Balaban J connectivity index is 3.01. The summed E-state index contributed by atoms with van der Waals surface area (Å²) in [7, 11) is 1.34. The SMILES string of the molecule is COC(=O)C1=C(C)C(C)(C)N=N1. The van der Waals surface area contributed by atoms with E-state index in [0.29, 0.717) is 5.70 Å². The molecule has 0 aromatic rings. The Hall–Kier alpha value is -1.19. The van der Waals surface area contributed by atoms with E-state index in [9.17, 15) is 4.79 Å². The molecule has 0 aromatic heterocycles. The summed E-state index contributed by atoms with van der Waals surface area (Å²) in [5.74, 6) is -0.415. The third kappa shape index (κ3) is 1.24. The molecule has 0 aliphatic carbocycles. The minimum Gasteiger partial charge on any atom is -0.464 e. The summed E-state index contributed by atoms with van der Waals surface area (Å²) in [6.07, 6.45) is 0. The Bertz CT molecular complexity index is 277. The van der Waals surface area contributed by atoms with E-state index in [1.807, 2.05) is 20.8 Å². The fraction of sp³-hybridized carbons (Fsp3) is 0.625. The van der Waals surface area contributed by atoms with Crippen molar-refractivity contribution in [3.8, 4) is 0 Å². The average molecular weight is 168 g/mol. The van der Waals surface area contributed by atoms with Gasteiger partial charge in [0, 0.05) is 0 Å². The van der Waals surface area contributed by atoms with Crippen LogP contribution in [0.3, 0.4) is 0 Å². The highest BCUT2D eigenvalue weighted by atomic mass is 16.5. The number of carbonyl (C=O) groups excluding carboxylic acids is 1. The molecule has 0 spiro atoms. The zero-order valence-electron chi connectivity index (χ0n) is 7.71. The second-order valence-electron chi connectivity index (χ2n) is 3.22. The van der Waals surface area contributed by atoms with Crippen molar-refractivity contribution < 1.29 is 9.53 Å². The first-order chi connectivity index (χ1) is 5.49. The quantitative estimate of drug-likeness (QED) is 0.559. The fourth-order valence-electron chi connectivity index (χ4n) is 0.905. The zero-order valence-corrected chi connectivity index (χ0v) is 7.71. The predicted molar refractivity (Wildman–Crippen MR) is 43.7 cm³/mol. The maximum Gasteiger partial charge on any atom is 0.358 e. The van der Waals surface area contributed by atoms with Gasteiger partial charge in [0.05, 0.1) is 12.6 Å². The molecule has 0 unspecified atom stereocenters. The van der Waals surface area contributed by atoms with Crippen LogP contribution < -0.4 is 0 Å². The molecule has 1 aliphatic heterocycles. The molecule has 0 saturated carbocycles. The van der Waals surface area contributed by atoms with E-state index in [4.69, 9.17) is 0 Å². The number of carbonyl (C=O) groups is 1. The molecule has 0 saturated heterocycles. The standard InChI is InChI=1S/C8H12N2O2/c1-5-6(7(11)12-4)9-10-8(5,2)3/h1-4H3. The summed E-state index contributed by atoms with van der Waals surface area (Å²) in [5.41, 5.74) is 0.834. The van der Waals surface area contributed by atoms with Gasteiger partial charge in [0.1, 0.15) is 0 Å². The molecule has 0 atom stereocenters. The van der Waals surface area contributed by atoms with Crippen molar-refractivity contribution in [2.75, 3.05) is 7.11 Å². The van der Waals surface area contributed by atoms with E-state index in [-0.39, 0.29) is 5.54 Å². The van der Waals surface area contributed by atoms with Gasteiger partial charge in [0.2, 0.25) is 0 Å². The van der Waals surface area contributed by atoms with Gasteiger partial charge in [0.25, 0.3) is 0 Å². The monoisotopic (exact) mass is 168 g/mol. The first kappa shape index (κ1) is 8.90. The normalized spacial score (nSPS) is 20.0. The highest BCUT2D eigenvalue weighted by Crippen LogP contribution is 2.31. The van der Waals surface area contributed by atoms with Crippen molar-refractivity contribution in [3.63, 3.8) is 0 Å². The fourth-order valence-corrected chi connectivity index (χ4v) is 0.905. The van der Waals surface area contributed by atoms with Crippen LogP contribution in [-0.4, -0.2) is 18.6 Å². The topological polar surface area (TPSA) is 51.0 Å². The highest BCUT2D eigenvalue weighted by molar-refractivity contribution is 5.89. The molecule has 0 amide bonds. The van der Waals surface area contributed by atoms with Crippen molar-refractivity contribution >= 4 is 5.97 Å². The second-order valence-corrected chi connectivity index (χ2v) is 3.22. The maximum atomic E-state index is 11.1. The van der Waals surface area contributed by atoms with Gasteiger partial charge < -0.3 is 4.74 Å². The third-order valence-electron chi connectivity index (χ3n) is 2.05. The molecule has 4 heteroatoms. The molecule has 0 fully saturated rings. The molecule has 0 radical (unpaired) electrons. The Morgan fingerprint density at radius 3 is 2.42 bits per heavy atom. The van der Waals surface area contributed by atoms with Crippen LogP contribution in [0.5, 0.6) is 0 Å². The first-order valence-corrected chi connectivity index (χ1v) is 3.71. The Morgan fingerprint density at radius 2 is 2.08 bits per heavy atom. The molecule has 0 bridgehead atoms. The molecule has 4 nitrogen and oxygen atoms in total. The van der Waals surface area contributed by atoms with Gasteiger partial charge in [-0.05, 0) is 26.3 Å². The van der Waals surface area contributed by atoms with Crippen LogP contribution in [0, 0.1) is 0 Å². The molecular formula is C8H12N2O2. The highest BCUT2D eigenvalue weighted by Gasteiger charge is 2.31. The van der Waals surface area contributed by atoms with Crippen molar-refractivity contribution in [2.45, 2.75) is 26.3 Å². The van der Waals surface area contributed by atoms with Gasteiger partial charge in [-0.2, -0.15) is 5.11 Å². The number of esters is 1. The van der Waals surface area contributed by atoms with E-state index >= 15 is 0 Å². The molecule has 0 aromatic carbocycles. The van der Waals surface area contributed by atoms with E-state index < -0.39 is 5.97 Å². The summed E-state index contributed by atoms with van der Waals surface area (Å²) in [6, 6.07) is 0. The number of hydrogen-bond acceptors (Lipinski definition) is 4. The minimum absolute atomic E-state index is 0.336. The first-order valence-electron chi connectivity index (χ1n) is 3.71. The van der Waals surface area contributed by atoms with Crippen LogP contribution in [-0.2, 0) is 9.53 Å². The van der Waals surface area contributed by atoms with E-state index in [1.54, 1.807) is 0 Å². The van der Waals surface area contributed by atoms with Crippen LogP contribution in [0.2, 0.25) is 0 Å². The van der Waals surface area contributed by atoms with Crippen LogP contribution in [0.1, 0.15) is 20.8 Å². The number of nitrogens with zero attached hydrogens (tertiary/aromatic N) is 2. The lowest BCUT2D eigenvalue weighted by molar-refractivity contribution is -0.136. The number of rotatable bonds is 1. The molecule has 12 heavy (non-hydrogen) atoms. The molecular weight excluding hydrogens is 156 g/mol. The van der Waals surface area contributed by atoms with Gasteiger partial charge in [-0.1, -0.05) is 0 Å². The summed E-state index contributed by atoms with van der Waals surface area (Å²) in [5, 5.41) is 7.72. The molecule has 1 rings (SSSR count). The number of methoxy groups -OCH3 is 1. The van der Waals surface area contributed by atoms with Gasteiger partial charge in [-0.25, -0.2) is 4.79 Å². The van der Waals surface area contributed by atoms with Crippen molar-refractivity contribution in [3.05, 3.63) is 11.3 Å². The van der Waals surface area contributed by atoms with Crippen molar-refractivity contribution in [2.24, 2.45) is 10.2 Å². The number of hydrogen-bond donors (Lipinski definition) is 0. The van der Waals surface area contributed by atoms with Gasteiger partial charge >= 0.3 is 5.97 Å². The zero-order chi connectivity index (χ0) is 9.35. The number of azo groups is 1. The summed E-state index contributed by atoms with van der Waals surface area (Å²) < 4.78 is 4.55. The van der Waals surface area contributed by atoms with Crippen LogP contribution in [0.4, 0.5) is 0 Å². The van der Waals surface area contributed by atoms with Crippen LogP contribution >= 0.6 is 0 Å². The third-order valence-corrected chi connectivity index (χ3v) is 2.05. The lowest BCUT2D eigenvalue weighted by atomic mass is 9.96. The number of ether oxygens (including phenoxy) is 1. The summed E-state index contributed by atoms with van der Waals surface area (Å²) in [6.45, 7) is 5.65. The van der Waals surface area contributed by atoms with Gasteiger partial charge in [-0.15, -0.1) is 5.11 Å². The molecule has 66 valence electrons. The van der Waals surface area contributed by atoms with E-state index in [0.717, 1.165) is 5.57 Å². The Morgan fingerprint density at radius 1 is 1.50 bits per heavy atom. The average Bonchev–Trinajstić information content (AvgIpc) is 2.27. The second kappa shape index (κ2) is 2.69. The smallest absolute Gasteiger partial charge is 0.358 e. The van der Waals surface area contributed by atoms with Crippen molar-refractivity contribution in [1.29, 1.82) is 0 Å². The molecule has 0 N–H and O–H groups in total. The predicted octanol–water partition coefficient (Wildman–Crippen LogP) is 1.68.